The van der Waals surface area contributed by atoms with E-state index in [9.17, 15) is 0 Å². The van der Waals surface area contributed by atoms with Gasteiger partial charge in [0.15, 0.2) is 0 Å². The number of rotatable bonds is 5. The van der Waals surface area contributed by atoms with Crippen LogP contribution in [0.4, 0.5) is 11.6 Å². The van der Waals surface area contributed by atoms with Crippen LogP contribution in [0.3, 0.4) is 0 Å². The largest absolute Gasteiger partial charge is 0.369 e. The highest BCUT2D eigenvalue weighted by atomic mass is 79.9. The summed E-state index contributed by atoms with van der Waals surface area (Å²) in [5, 5.41) is 6.62. The fraction of sp³-hybridized carbons (Fsp3) is 0.600. The molecule has 0 radical (unpaired) electrons. The van der Waals surface area contributed by atoms with Crippen LogP contribution in [-0.4, -0.2) is 22.6 Å². The third-order valence-electron chi connectivity index (χ3n) is 2.25. The van der Waals surface area contributed by atoms with E-state index < -0.39 is 0 Å². The van der Waals surface area contributed by atoms with Gasteiger partial charge in [0.05, 0.1) is 0 Å². The predicted molar refractivity (Wildman–Crippen MR) is 65.2 cm³/mol. The molecule has 1 aliphatic rings. The van der Waals surface area contributed by atoms with E-state index in [0.29, 0.717) is 6.04 Å². The molecule has 0 atom stereocenters. The van der Waals surface area contributed by atoms with Crippen molar-refractivity contribution in [3.63, 3.8) is 0 Å². The minimum atomic E-state index is 0.607. The second-order valence-electron chi connectivity index (χ2n) is 3.73. The monoisotopic (exact) mass is 270 g/mol. The summed E-state index contributed by atoms with van der Waals surface area (Å²) in [5.41, 5.74) is 0. The summed E-state index contributed by atoms with van der Waals surface area (Å²) < 4.78 is 0.936. The average molecular weight is 271 g/mol. The Bertz CT molecular complexity index is 338. The minimum Gasteiger partial charge on any atom is -0.369 e. The number of aromatic nitrogens is 2. The summed E-state index contributed by atoms with van der Waals surface area (Å²) in [5.74, 6) is 1.76. The third-order valence-corrected chi connectivity index (χ3v) is 3.00. The van der Waals surface area contributed by atoms with Crippen molar-refractivity contribution in [1.82, 2.24) is 9.97 Å². The van der Waals surface area contributed by atoms with E-state index in [0.717, 1.165) is 29.1 Å². The van der Waals surface area contributed by atoms with E-state index in [1.807, 2.05) is 0 Å². The van der Waals surface area contributed by atoms with Crippen molar-refractivity contribution in [1.29, 1.82) is 0 Å². The Kier molecular flexibility index (Phi) is 3.41. The maximum absolute atomic E-state index is 4.22. The number of nitrogens with one attached hydrogen (secondary N) is 2. The van der Waals surface area contributed by atoms with Crippen LogP contribution in [-0.2, 0) is 0 Å². The van der Waals surface area contributed by atoms with E-state index >= 15 is 0 Å². The molecule has 4 nitrogen and oxygen atoms in total. The summed E-state index contributed by atoms with van der Waals surface area (Å²) in [7, 11) is 0. The first-order valence-electron chi connectivity index (χ1n) is 5.32. The van der Waals surface area contributed by atoms with Crippen LogP contribution in [0.2, 0.25) is 0 Å². The summed E-state index contributed by atoms with van der Waals surface area (Å²) in [6.07, 6.45) is 5.16. The number of hydrogen-bond acceptors (Lipinski definition) is 4. The third kappa shape index (κ3) is 2.81. The molecule has 0 bridgehead atoms. The van der Waals surface area contributed by atoms with Gasteiger partial charge in [-0.05, 0) is 35.2 Å². The zero-order valence-electron chi connectivity index (χ0n) is 8.76. The second-order valence-corrected chi connectivity index (χ2v) is 4.52. The first-order chi connectivity index (χ1) is 7.31. The zero-order valence-corrected chi connectivity index (χ0v) is 10.3. The van der Waals surface area contributed by atoms with Crippen LogP contribution < -0.4 is 10.6 Å². The Balaban J connectivity index is 2.08. The van der Waals surface area contributed by atoms with Gasteiger partial charge in [0.25, 0.3) is 0 Å². The molecule has 1 fully saturated rings. The molecule has 1 heterocycles. The topological polar surface area (TPSA) is 49.8 Å². The molecule has 82 valence electrons. The van der Waals surface area contributed by atoms with E-state index in [2.05, 4.69) is 43.5 Å². The lowest BCUT2D eigenvalue weighted by molar-refractivity contribution is 0.960. The fourth-order valence-corrected chi connectivity index (χ4v) is 1.72. The molecule has 2 rings (SSSR count). The number of anilines is 2. The first kappa shape index (κ1) is 10.7. The lowest BCUT2D eigenvalue weighted by Crippen LogP contribution is -2.08. The minimum absolute atomic E-state index is 0.607. The van der Waals surface area contributed by atoms with Gasteiger partial charge in [-0.2, -0.15) is 0 Å². The standard InChI is InChI=1S/C10H15BrN4/c1-2-5-12-9-8(11)10(14-6-13-9)15-7-3-4-7/h6-7H,2-5H2,1H3,(H2,12,13,14,15). The molecule has 0 unspecified atom stereocenters. The molecule has 0 aromatic carbocycles. The van der Waals surface area contributed by atoms with Crippen molar-refractivity contribution in [2.24, 2.45) is 0 Å². The van der Waals surface area contributed by atoms with E-state index in [1.54, 1.807) is 6.33 Å². The van der Waals surface area contributed by atoms with E-state index in [-0.39, 0.29) is 0 Å². The first-order valence-corrected chi connectivity index (χ1v) is 6.11. The number of hydrogen-bond donors (Lipinski definition) is 2. The average Bonchev–Trinajstić information content (AvgIpc) is 3.03. The lowest BCUT2D eigenvalue weighted by Gasteiger charge is -2.10. The quantitative estimate of drug-likeness (QED) is 0.864. The van der Waals surface area contributed by atoms with Crippen LogP contribution >= 0.6 is 15.9 Å². The molecule has 15 heavy (non-hydrogen) atoms. The van der Waals surface area contributed by atoms with Gasteiger partial charge in [-0.25, -0.2) is 9.97 Å². The lowest BCUT2D eigenvalue weighted by atomic mass is 10.4. The summed E-state index contributed by atoms with van der Waals surface area (Å²) >= 11 is 3.52. The summed E-state index contributed by atoms with van der Waals surface area (Å²) in [4.78, 5) is 8.41. The van der Waals surface area contributed by atoms with Crippen molar-refractivity contribution < 1.29 is 0 Å². The van der Waals surface area contributed by atoms with Gasteiger partial charge in [0, 0.05) is 12.6 Å². The van der Waals surface area contributed by atoms with Gasteiger partial charge in [0.2, 0.25) is 0 Å². The van der Waals surface area contributed by atoms with Crippen LogP contribution in [0, 0.1) is 0 Å². The fourth-order valence-electron chi connectivity index (χ4n) is 1.26. The molecular weight excluding hydrogens is 256 g/mol. The molecule has 2 N–H and O–H groups in total. The van der Waals surface area contributed by atoms with Gasteiger partial charge in [-0.1, -0.05) is 6.92 Å². The van der Waals surface area contributed by atoms with Crippen molar-refractivity contribution in [2.75, 3.05) is 17.2 Å². The van der Waals surface area contributed by atoms with Crippen molar-refractivity contribution in [2.45, 2.75) is 32.2 Å². The van der Waals surface area contributed by atoms with Crippen molar-refractivity contribution in [3.8, 4) is 0 Å². The molecule has 1 saturated carbocycles. The highest BCUT2D eigenvalue weighted by molar-refractivity contribution is 9.10. The smallest absolute Gasteiger partial charge is 0.146 e. The molecular formula is C10H15BrN4. The predicted octanol–water partition coefficient (Wildman–Crippen LogP) is 2.64. The zero-order chi connectivity index (χ0) is 10.7. The molecule has 1 aliphatic carbocycles. The Hall–Kier alpha value is -0.840. The Morgan fingerprint density at radius 1 is 1.40 bits per heavy atom. The number of halogens is 1. The number of nitrogens with zero attached hydrogens (tertiary/aromatic N) is 2. The second kappa shape index (κ2) is 4.79. The Labute approximate surface area is 98.0 Å². The van der Waals surface area contributed by atoms with Crippen molar-refractivity contribution >= 4 is 27.6 Å². The van der Waals surface area contributed by atoms with Gasteiger partial charge in [-0.3, -0.25) is 0 Å². The highest BCUT2D eigenvalue weighted by Gasteiger charge is 2.22. The molecule has 5 heteroatoms. The van der Waals surface area contributed by atoms with Crippen molar-refractivity contribution in [3.05, 3.63) is 10.8 Å². The molecule has 0 saturated heterocycles. The van der Waals surface area contributed by atoms with Gasteiger partial charge < -0.3 is 10.6 Å². The van der Waals surface area contributed by atoms with Gasteiger partial charge in [-0.15, -0.1) is 0 Å². The highest BCUT2D eigenvalue weighted by Crippen LogP contribution is 2.31. The van der Waals surface area contributed by atoms with Crippen LogP contribution in [0.25, 0.3) is 0 Å². The summed E-state index contributed by atoms with van der Waals surface area (Å²) in [6, 6.07) is 0.607. The maximum Gasteiger partial charge on any atom is 0.146 e. The SMILES string of the molecule is CCCNc1ncnc(NC2CC2)c1Br. The van der Waals surface area contributed by atoms with Crippen LogP contribution in [0.1, 0.15) is 26.2 Å². The van der Waals surface area contributed by atoms with Crippen LogP contribution in [0.5, 0.6) is 0 Å². The van der Waals surface area contributed by atoms with Gasteiger partial charge in [0.1, 0.15) is 22.4 Å². The molecule has 1 aromatic heterocycles. The Morgan fingerprint density at radius 3 is 2.80 bits per heavy atom. The summed E-state index contributed by atoms with van der Waals surface area (Å²) in [6.45, 7) is 3.06. The normalized spacial score (nSPS) is 15.1. The molecule has 0 amide bonds. The van der Waals surface area contributed by atoms with Crippen LogP contribution in [0.15, 0.2) is 10.8 Å². The van der Waals surface area contributed by atoms with E-state index in [4.69, 9.17) is 0 Å². The molecule has 1 aromatic rings. The van der Waals surface area contributed by atoms with E-state index in [1.165, 1.54) is 12.8 Å². The molecule has 0 aliphatic heterocycles. The van der Waals surface area contributed by atoms with Gasteiger partial charge >= 0.3 is 0 Å². The molecule has 0 spiro atoms. The maximum atomic E-state index is 4.22. The Morgan fingerprint density at radius 2 is 2.13 bits per heavy atom.